The Kier molecular flexibility index (Phi) is 6.43. The average molecular weight is 310 g/mol. The van der Waals surface area contributed by atoms with Crippen molar-refractivity contribution in [3.05, 3.63) is 48.0 Å². The first kappa shape index (κ1) is 17.7. The van der Waals surface area contributed by atoms with Crippen LogP contribution in [-0.4, -0.2) is 37.6 Å². The van der Waals surface area contributed by atoms with Crippen LogP contribution in [0.3, 0.4) is 0 Å². The monoisotopic (exact) mass is 309 g/mol. The van der Waals surface area contributed by atoms with Crippen molar-refractivity contribution in [3.63, 3.8) is 0 Å². The molecule has 0 aromatic heterocycles. The minimum atomic E-state index is -0.621. The topological polar surface area (TPSA) is 29.5 Å². The number of ether oxygens (including phenoxy) is 1. The molecule has 0 bridgehead atoms. The molecule has 1 aliphatic rings. The van der Waals surface area contributed by atoms with Gasteiger partial charge in [-0.3, -0.25) is 4.79 Å². The second-order valence-electron chi connectivity index (χ2n) is 5.49. The molecular weight excluding hydrogens is 286 g/mol. The van der Waals surface area contributed by atoms with E-state index in [1.54, 1.807) is 0 Å². The summed E-state index contributed by atoms with van der Waals surface area (Å²) in [7, 11) is 4.13. The van der Waals surface area contributed by atoms with Crippen LogP contribution in [0.15, 0.2) is 42.5 Å². The molecule has 0 unspecified atom stereocenters. The summed E-state index contributed by atoms with van der Waals surface area (Å²) in [6.07, 6.45) is 5.91. The number of carbonyl (C=O) groups is 1. The summed E-state index contributed by atoms with van der Waals surface area (Å²) in [4.78, 5) is 14.7. The molecule has 0 radical (unpaired) electrons. The molecule has 0 N–H and O–H groups in total. The summed E-state index contributed by atoms with van der Waals surface area (Å²) < 4.78 is 5.33. The lowest BCUT2D eigenvalue weighted by Gasteiger charge is -2.35. The Bertz CT molecular complexity index is 487. The maximum atomic E-state index is 12.5. The first-order valence-corrected chi connectivity index (χ1v) is 7.18. The van der Waals surface area contributed by atoms with Gasteiger partial charge in [0, 0.05) is 6.04 Å². The van der Waals surface area contributed by atoms with Crippen molar-refractivity contribution in [1.82, 2.24) is 4.90 Å². The van der Waals surface area contributed by atoms with Gasteiger partial charge in [0.15, 0.2) is 0 Å². The fourth-order valence-electron chi connectivity index (χ4n) is 2.78. The first-order valence-electron chi connectivity index (χ1n) is 7.18. The highest BCUT2D eigenvalue weighted by molar-refractivity contribution is 5.86. The van der Waals surface area contributed by atoms with Gasteiger partial charge in [0.25, 0.3) is 0 Å². The van der Waals surface area contributed by atoms with Gasteiger partial charge in [-0.05, 0) is 39.4 Å². The van der Waals surface area contributed by atoms with Crippen molar-refractivity contribution in [2.45, 2.75) is 31.2 Å². The molecule has 1 aromatic rings. The zero-order valence-electron chi connectivity index (χ0n) is 12.9. The molecule has 1 aliphatic carbocycles. The fraction of sp³-hybridized carbons (Fsp3) is 0.471. The molecule has 0 spiro atoms. The molecule has 21 heavy (non-hydrogen) atoms. The van der Waals surface area contributed by atoms with E-state index in [2.05, 4.69) is 25.1 Å². The van der Waals surface area contributed by atoms with Crippen molar-refractivity contribution < 1.29 is 9.53 Å². The third-order valence-corrected chi connectivity index (χ3v) is 4.03. The predicted molar refractivity (Wildman–Crippen MR) is 87.9 cm³/mol. The van der Waals surface area contributed by atoms with Gasteiger partial charge < -0.3 is 9.64 Å². The summed E-state index contributed by atoms with van der Waals surface area (Å²) in [6, 6.07) is 10.3. The van der Waals surface area contributed by atoms with Crippen molar-refractivity contribution in [3.8, 4) is 0 Å². The molecule has 0 fully saturated rings. The number of rotatable bonds is 4. The predicted octanol–water partition coefficient (Wildman–Crippen LogP) is 3.19. The highest BCUT2D eigenvalue weighted by Gasteiger charge is 2.41. The molecule has 116 valence electrons. The number of nitrogens with zero attached hydrogens (tertiary/aromatic N) is 1. The minimum Gasteiger partial charge on any atom is -0.465 e. The van der Waals surface area contributed by atoms with Crippen LogP contribution >= 0.6 is 12.4 Å². The van der Waals surface area contributed by atoms with E-state index in [0.717, 1.165) is 18.4 Å². The smallest absolute Gasteiger partial charge is 0.320 e. The molecule has 4 heteroatoms. The Morgan fingerprint density at radius 1 is 1.33 bits per heavy atom. The van der Waals surface area contributed by atoms with Crippen LogP contribution in [0, 0.1) is 0 Å². The third kappa shape index (κ3) is 3.66. The number of likely N-dealkylation sites (N-methyl/N-ethyl adjacent to an activating group) is 1. The van der Waals surface area contributed by atoms with Crippen molar-refractivity contribution >= 4 is 18.4 Å². The lowest BCUT2D eigenvalue weighted by molar-refractivity contribution is -0.148. The van der Waals surface area contributed by atoms with E-state index in [4.69, 9.17) is 4.74 Å². The molecule has 0 amide bonds. The minimum absolute atomic E-state index is 0. The number of hydrogen-bond acceptors (Lipinski definition) is 3. The van der Waals surface area contributed by atoms with E-state index in [1.165, 1.54) is 0 Å². The summed E-state index contributed by atoms with van der Waals surface area (Å²) in [6.45, 7) is 2.27. The average Bonchev–Trinajstić information content (AvgIpc) is 2.48. The fourth-order valence-corrected chi connectivity index (χ4v) is 2.78. The lowest BCUT2D eigenvalue weighted by Crippen LogP contribution is -2.41. The van der Waals surface area contributed by atoms with Crippen LogP contribution in [0.5, 0.6) is 0 Å². The number of hydrogen-bond donors (Lipinski definition) is 0. The van der Waals surface area contributed by atoms with Crippen LogP contribution < -0.4 is 0 Å². The van der Waals surface area contributed by atoms with Gasteiger partial charge in [0.05, 0.1) is 6.61 Å². The Hall–Kier alpha value is -1.32. The third-order valence-electron chi connectivity index (χ3n) is 4.03. The zero-order valence-corrected chi connectivity index (χ0v) is 13.7. The van der Waals surface area contributed by atoms with Crippen LogP contribution in [0.1, 0.15) is 25.3 Å². The van der Waals surface area contributed by atoms with E-state index in [9.17, 15) is 4.79 Å². The van der Waals surface area contributed by atoms with Gasteiger partial charge in [-0.2, -0.15) is 0 Å². The summed E-state index contributed by atoms with van der Waals surface area (Å²) in [5.74, 6) is -0.139. The number of carbonyl (C=O) groups excluding carboxylic acids is 1. The maximum Gasteiger partial charge on any atom is 0.320 e. The van der Waals surface area contributed by atoms with Gasteiger partial charge in [-0.15, -0.1) is 12.4 Å². The summed E-state index contributed by atoms with van der Waals surface area (Å²) in [5, 5.41) is 0. The van der Waals surface area contributed by atoms with Gasteiger partial charge in [0.2, 0.25) is 0 Å². The molecule has 2 atom stereocenters. The van der Waals surface area contributed by atoms with E-state index in [1.807, 2.05) is 43.3 Å². The molecule has 0 aliphatic heterocycles. The van der Waals surface area contributed by atoms with Crippen molar-refractivity contribution in [2.24, 2.45) is 0 Å². The van der Waals surface area contributed by atoms with Gasteiger partial charge in [-0.1, -0.05) is 42.5 Å². The van der Waals surface area contributed by atoms with Crippen molar-refractivity contribution in [2.75, 3.05) is 20.7 Å². The molecule has 2 rings (SSSR count). The van der Waals surface area contributed by atoms with Gasteiger partial charge in [0.1, 0.15) is 5.41 Å². The molecule has 0 saturated carbocycles. The maximum absolute atomic E-state index is 12.5. The molecular formula is C17H24ClNO2. The van der Waals surface area contributed by atoms with Crippen LogP contribution in [-0.2, 0) is 14.9 Å². The second-order valence-corrected chi connectivity index (χ2v) is 5.49. The Labute approximate surface area is 133 Å². The van der Waals surface area contributed by atoms with Crippen LogP contribution in [0.4, 0.5) is 0 Å². The number of halogens is 1. The Morgan fingerprint density at radius 2 is 2.00 bits per heavy atom. The van der Waals surface area contributed by atoms with Crippen molar-refractivity contribution in [1.29, 1.82) is 0 Å². The normalized spacial score (nSPS) is 24.5. The Morgan fingerprint density at radius 3 is 2.48 bits per heavy atom. The van der Waals surface area contributed by atoms with E-state index in [0.29, 0.717) is 12.6 Å². The van der Waals surface area contributed by atoms with Gasteiger partial charge in [-0.25, -0.2) is 0 Å². The summed E-state index contributed by atoms with van der Waals surface area (Å²) >= 11 is 0. The molecule has 0 heterocycles. The number of esters is 1. The standard InChI is InChI=1S/C17H23NO2.ClH/c1-4-20-16(19)17(14-8-6-5-7-9-14)12-10-15(11-13-17)18(2)3;/h5-10,12,15H,4,11,13H2,1-3H3;1H/t15-,17-;/m0./s1. The van der Waals surface area contributed by atoms with Gasteiger partial charge >= 0.3 is 5.97 Å². The van der Waals surface area contributed by atoms with Crippen LogP contribution in [0.2, 0.25) is 0 Å². The molecule has 1 aromatic carbocycles. The quantitative estimate of drug-likeness (QED) is 0.632. The van der Waals surface area contributed by atoms with E-state index in [-0.39, 0.29) is 18.4 Å². The SMILES string of the molecule is CCOC(=O)[C@@]1(c2ccccc2)C=C[C@H](N(C)C)CC1.Cl. The molecule has 3 nitrogen and oxygen atoms in total. The first-order chi connectivity index (χ1) is 9.60. The number of benzene rings is 1. The highest BCUT2D eigenvalue weighted by atomic mass is 35.5. The lowest BCUT2D eigenvalue weighted by atomic mass is 9.72. The Balaban J connectivity index is 0.00000220. The summed E-state index contributed by atoms with van der Waals surface area (Å²) in [5.41, 5.74) is 0.399. The second kappa shape index (κ2) is 7.62. The zero-order chi connectivity index (χ0) is 14.6. The molecule has 0 saturated heterocycles. The van der Waals surface area contributed by atoms with E-state index >= 15 is 0 Å². The largest absolute Gasteiger partial charge is 0.465 e. The highest BCUT2D eigenvalue weighted by Crippen LogP contribution is 2.37. The van der Waals surface area contributed by atoms with Crippen LogP contribution in [0.25, 0.3) is 0 Å². The van der Waals surface area contributed by atoms with E-state index < -0.39 is 5.41 Å².